The van der Waals surface area contributed by atoms with E-state index in [9.17, 15) is 4.79 Å². The van der Waals surface area contributed by atoms with Gasteiger partial charge < -0.3 is 10.4 Å². The van der Waals surface area contributed by atoms with Crippen molar-refractivity contribution in [3.8, 4) is 0 Å². The van der Waals surface area contributed by atoms with Crippen molar-refractivity contribution in [2.75, 3.05) is 5.32 Å². The molecule has 1 fully saturated rings. The molecule has 0 aliphatic carbocycles. The maximum atomic E-state index is 10.8. The lowest BCUT2D eigenvalue weighted by Gasteiger charge is -2.16. The molecule has 2 unspecified atom stereocenters. The van der Waals surface area contributed by atoms with Gasteiger partial charge in [0.05, 0.1) is 0 Å². The van der Waals surface area contributed by atoms with Gasteiger partial charge in [-0.1, -0.05) is 18.2 Å². The van der Waals surface area contributed by atoms with E-state index in [1.54, 1.807) is 0 Å². The Bertz CT molecular complexity index is 343. The number of anilines is 1. The zero-order valence-corrected chi connectivity index (χ0v) is 7.90. The second-order valence-electron chi connectivity index (χ2n) is 3.22. The number of para-hydroxylation sites is 1. The Kier molecular flexibility index (Phi) is 2.82. The maximum absolute atomic E-state index is 10.8. The van der Waals surface area contributed by atoms with Crippen molar-refractivity contribution in [1.82, 2.24) is 16.4 Å². The molecule has 1 aliphatic heterocycles. The van der Waals surface area contributed by atoms with E-state index in [2.05, 4.69) is 21.7 Å². The number of carbonyl (C=O) groups is 1. The van der Waals surface area contributed by atoms with Gasteiger partial charge in [-0.05, 0) is 12.1 Å². The van der Waals surface area contributed by atoms with E-state index >= 15 is 0 Å². The first-order valence-electron chi connectivity index (χ1n) is 4.58. The molecule has 1 saturated heterocycles. The molecule has 0 aromatic heterocycles. The lowest BCUT2D eigenvalue weighted by molar-refractivity contribution is -0.139. The van der Waals surface area contributed by atoms with Gasteiger partial charge in [0.25, 0.3) is 0 Å². The third-order valence-electron chi connectivity index (χ3n) is 2.15. The highest BCUT2D eigenvalue weighted by Crippen LogP contribution is 2.08. The fourth-order valence-electron chi connectivity index (χ4n) is 1.40. The van der Waals surface area contributed by atoms with Crippen molar-refractivity contribution < 1.29 is 9.90 Å². The van der Waals surface area contributed by atoms with Crippen LogP contribution >= 0.6 is 0 Å². The molecule has 0 saturated carbocycles. The van der Waals surface area contributed by atoms with Crippen LogP contribution in [0.5, 0.6) is 0 Å². The largest absolute Gasteiger partial charge is 0.480 e. The van der Waals surface area contributed by atoms with Gasteiger partial charge in [0, 0.05) is 5.69 Å². The molecule has 6 heteroatoms. The van der Waals surface area contributed by atoms with E-state index in [-0.39, 0.29) is 6.17 Å². The number of hydrazine groups is 2. The van der Waals surface area contributed by atoms with Crippen molar-refractivity contribution in [2.24, 2.45) is 0 Å². The van der Waals surface area contributed by atoms with Crippen LogP contribution in [0.15, 0.2) is 30.3 Å². The summed E-state index contributed by atoms with van der Waals surface area (Å²) in [5.74, 6) is -0.916. The van der Waals surface area contributed by atoms with Gasteiger partial charge in [-0.3, -0.25) is 4.79 Å². The minimum Gasteiger partial charge on any atom is -0.480 e. The van der Waals surface area contributed by atoms with Crippen LogP contribution in [-0.4, -0.2) is 23.3 Å². The summed E-state index contributed by atoms with van der Waals surface area (Å²) < 4.78 is 0. The Labute approximate surface area is 86.6 Å². The van der Waals surface area contributed by atoms with Crippen LogP contribution in [-0.2, 0) is 4.79 Å². The molecular formula is C9H12N4O2. The van der Waals surface area contributed by atoms with E-state index in [4.69, 9.17) is 5.11 Å². The minimum atomic E-state index is -0.916. The summed E-state index contributed by atoms with van der Waals surface area (Å²) in [5.41, 5.74) is 8.83. The van der Waals surface area contributed by atoms with Gasteiger partial charge in [-0.25, -0.2) is 10.9 Å². The average molecular weight is 208 g/mol. The molecule has 0 amide bonds. The van der Waals surface area contributed by atoms with Crippen molar-refractivity contribution in [1.29, 1.82) is 0 Å². The first-order valence-corrected chi connectivity index (χ1v) is 4.58. The van der Waals surface area contributed by atoms with Crippen molar-refractivity contribution in [3.05, 3.63) is 30.3 Å². The summed E-state index contributed by atoms with van der Waals surface area (Å²) in [6.45, 7) is 0. The highest BCUT2D eigenvalue weighted by molar-refractivity contribution is 5.75. The Morgan fingerprint density at radius 2 is 2.00 bits per heavy atom. The Morgan fingerprint density at radius 3 is 2.67 bits per heavy atom. The van der Waals surface area contributed by atoms with E-state index in [1.165, 1.54) is 0 Å². The third kappa shape index (κ3) is 2.24. The van der Waals surface area contributed by atoms with Crippen LogP contribution < -0.4 is 21.7 Å². The second kappa shape index (κ2) is 4.26. The normalized spacial score (nSPS) is 25.1. The van der Waals surface area contributed by atoms with Crippen LogP contribution in [0.1, 0.15) is 0 Å². The van der Waals surface area contributed by atoms with Crippen molar-refractivity contribution >= 4 is 11.7 Å². The van der Waals surface area contributed by atoms with Crippen molar-refractivity contribution in [2.45, 2.75) is 12.2 Å². The molecule has 0 radical (unpaired) electrons. The summed E-state index contributed by atoms with van der Waals surface area (Å²) >= 11 is 0. The van der Waals surface area contributed by atoms with Gasteiger partial charge in [-0.15, -0.1) is 0 Å². The first kappa shape index (κ1) is 9.91. The number of rotatable bonds is 3. The molecule has 0 spiro atoms. The van der Waals surface area contributed by atoms with Crippen LogP contribution in [0, 0.1) is 0 Å². The van der Waals surface area contributed by atoms with E-state index in [0.717, 1.165) is 5.69 Å². The van der Waals surface area contributed by atoms with Gasteiger partial charge in [-0.2, -0.15) is 5.53 Å². The number of carboxylic acids is 1. The van der Waals surface area contributed by atoms with Crippen molar-refractivity contribution in [3.63, 3.8) is 0 Å². The molecule has 1 aliphatic rings. The number of carboxylic acid groups (broad SMARTS) is 1. The predicted octanol–water partition coefficient (Wildman–Crippen LogP) is -0.510. The number of hydrogen-bond acceptors (Lipinski definition) is 5. The van der Waals surface area contributed by atoms with E-state index in [1.807, 2.05) is 30.3 Å². The van der Waals surface area contributed by atoms with Gasteiger partial charge in [0.2, 0.25) is 0 Å². The Morgan fingerprint density at radius 1 is 1.27 bits per heavy atom. The standard InChI is InChI=1S/C9H12N4O2/c14-9(15)7-8(12-13-11-7)10-6-4-2-1-3-5-6/h1-5,7-8,10-13H,(H,14,15). The summed E-state index contributed by atoms with van der Waals surface area (Å²) in [6.07, 6.45) is -0.384. The number of nitrogens with one attached hydrogen (secondary N) is 4. The average Bonchev–Trinajstić information content (AvgIpc) is 2.67. The fraction of sp³-hybridized carbons (Fsp3) is 0.222. The van der Waals surface area contributed by atoms with E-state index < -0.39 is 12.0 Å². The minimum absolute atomic E-state index is 0.384. The van der Waals surface area contributed by atoms with E-state index in [0.29, 0.717) is 0 Å². The summed E-state index contributed by atoms with van der Waals surface area (Å²) in [6, 6.07) is 8.71. The highest BCUT2D eigenvalue weighted by atomic mass is 16.4. The van der Waals surface area contributed by atoms with Crippen LogP contribution in [0.2, 0.25) is 0 Å². The van der Waals surface area contributed by atoms with Gasteiger partial charge in [0.1, 0.15) is 6.17 Å². The molecule has 1 heterocycles. The summed E-state index contributed by atoms with van der Waals surface area (Å²) in [7, 11) is 0. The van der Waals surface area contributed by atoms with Gasteiger partial charge >= 0.3 is 5.97 Å². The molecule has 2 atom stereocenters. The molecular weight excluding hydrogens is 196 g/mol. The zero-order valence-electron chi connectivity index (χ0n) is 7.90. The quantitative estimate of drug-likeness (QED) is 0.460. The Balaban J connectivity index is 2.03. The van der Waals surface area contributed by atoms with Crippen LogP contribution in [0.4, 0.5) is 5.69 Å². The summed E-state index contributed by atoms with van der Waals surface area (Å²) in [5, 5.41) is 11.9. The summed E-state index contributed by atoms with van der Waals surface area (Å²) in [4.78, 5) is 10.8. The molecule has 0 bridgehead atoms. The molecule has 15 heavy (non-hydrogen) atoms. The lowest BCUT2D eigenvalue weighted by Crippen LogP contribution is -2.45. The van der Waals surface area contributed by atoms with Crippen LogP contribution in [0.3, 0.4) is 0 Å². The molecule has 1 aromatic rings. The van der Waals surface area contributed by atoms with Gasteiger partial charge in [0.15, 0.2) is 6.04 Å². The molecule has 2 rings (SSSR count). The SMILES string of the molecule is O=C(O)C1NNNC1Nc1ccccc1. The molecule has 5 N–H and O–H groups in total. The Hall–Kier alpha value is -1.63. The number of hydrogen-bond donors (Lipinski definition) is 5. The lowest BCUT2D eigenvalue weighted by atomic mass is 10.2. The molecule has 6 nitrogen and oxygen atoms in total. The zero-order chi connectivity index (χ0) is 10.7. The first-order chi connectivity index (χ1) is 7.27. The second-order valence-corrected chi connectivity index (χ2v) is 3.22. The highest BCUT2D eigenvalue weighted by Gasteiger charge is 2.32. The fourth-order valence-corrected chi connectivity index (χ4v) is 1.40. The monoisotopic (exact) mass is 208 g/mol. The number of aliphatic carboxylic acids is 1. The maximum Gasteiger partial charge on any atom is 0.325 e. The third-order valence-corrected chi connectivity index (χ3v) is 2.15. The van der Waals surface area contributed by atoms with Crippen LogP contribution in [0.25, 0.3) is 0 Å². The smallest absolute Gasteiger partial charge is 0.325 e. The molecule has 80 valence electrons. The topological polar surface area (TPSA) is 85.4 Å². The molecule has 1 aromatic carbocycles. The number of benzene rings is 1. The predicted molar refractivity (Wildman–Crippen MR) is 54.7 cm³/mol.